The molecule has 1 atom stereocenters. The van der Waals surface area contributed by atoms with E-state index in [0.717, 1.165) is 15.9 Å². The zero-order valence-electron chi connectivity index (χ0n) is 13.0. The minimum absolute atomic E-state index is 0.0721. The molecule has 0 spiro atoms. The van der Waals surface area contributed by atoms with E-state index in [-0.39, 0.29) is 11.6 Å². The lowest BCUT2D eigenvalue weighted by atomic mass is 10.3. The Morgan fingerprint density at radius 3 is 2.74 bits per heavy atom. The van der Waals surface area contributed by atoms with Gasteiger partial charge in [0.1, 0.15) is 18.4 Å². The van der Waals surface area contributed by atoms with Crippen molar-refractivity contribution in [1.29, 1.82) is 0 Å². The predicted molar refractivity (Wildman–Crippen MR) is 86.0 cm³/mol. The second-order valence-corrected chi connectivity index (χ2v) is 5.91. The number of hydrogen-bond donors (Lipinski definition) is 1. The number of carbonyl (C=O) groups is 1. The van der Waals surface area contributed by atoms with E-state index >= 15 is 0 Å². The Bertz CT molecular complexity index is 738. The van der Waals surface area contributed by atoms with Crippen LogP contribution in [0.25, 0.3) is 0 Å². The summed E-state index contributed by atoms with van der Waals surface area (Å²) in [7, 11) is 0. The molecule has 0 saturated heterocycles. The van der Waals surface area contributed by atoms with Gasteiger partial charge in [-0.05, 0) is 36.7 Å². The van der Waals surface area contributed by atoms with Crippen LogP contribution in [0.1, 0.15) is 24.4 Å². The first-order chi connectivity index (χ1) is 10.8. The lowest BCUT2D eigenvalue weighted by molar-refractivity contribution is -0.385. The maximum atomic E-state index is 12.2. The van der Waals surface area contributed by atoms with Crippen molar-refractivity contribution < 1.29 is 9.72 Å². The van der Waals surface area contributed by atoms with Gasteiger partial charge in [-0.25, -0.2) is 0 Å². The van der Waals surface area contributed by atoms with E-state index in [2.05, 4.69) is 31.4 Å². The number of halogens is 1. The number of carbonyl (C=O) groups excluding carboxylic acids is 1. The van der Waals surface area contributed by atoms with E-state index in [1.165, 1.54) is 17.1 Å². The Balaban J connectivity index is 1.91. The molecule has 0 aliphatic heterocycles. The molecule has 2 heterocycles. The molecule has 23 heavy (non-hydrogen) atoms. The average molecular weight is 385 g/mol. The zero-order chi connectivity index (χ0) is 17.1. The van der Waals surface area contributed by atoms with Crippen molar-refractivity contribution >= 4 is 27.5 Å². The first-order valence-electron chi connectivity index (χ1n) is 6.97. The van der Waals surface area contributed by atoms with E-state index in [4.69, 9.17) is 0 Å². The van der Waals surface area contributed by atoms with Gasteiger partial charge in [0.05, 0.1) is 27.3 Å². The van der Waals surface area contributed by atoms with Gasteiger partial charge in [-0.1, -0.05) is 0 Å². The summed E-state index contributed by atoms with van der Waals surface area (Å²) < 4.78 is 3.97. The van der Waals surface area contributed by atoms with E-state index in [0.29, 0.717) is 13.1 Å². The number of nitrogens with one attached hydrogen (secondary N) is 1. The lowest BCUT2D eigenvalue weighted by Crippen LogP contribution is -2.34. The molecule has 0 aliphatic rings. The molecule has 2 aromatic heterocycles. The number of aromatic nitrogens is 4. The van der Waals surface area contributed by atoms with Crippen LogP contribution in [0.3, 0.4) is 0 Å². The smallest absolute Gasteiger partial charge is 0.306 e. The molecular formula is C13H17BrN6O3. The van der Waals surface area contributed by atoms with Crippen LogP contribution in [-0.2, 0) is 11.3 Å². The summed E-state index contributed by atoms with van der Waals surface area (Å²) in [6.45, 7) is 6.19. The molecule has 10 heteroatoms. The minimum Gasteiger partial charge on any atom is -0.352 e. The highest BCUT2D eigenvalue weighted by Crippen LogP contribution is 2.22. The van der Waals surface area contributed by atoms with Crippen LogP contribution in [0, 0.1) is 24.0 Å². The SMILES string of the molecule is Cc1nn(C(C)C(=O)NCCn2cc([N+](=O)[O-])cn2)c(C)c1Br. The van der Waals surface area contributed by atoms with E-state index < -0.39 is 11.0 Å². The molecule has 0 aliphatic carbocycles. The summed E-state index contributed by atoms with van der Waals surface area (Å²) in [4.78, 5) is 22.3. The summed E-state index contributed by atoms with van der Waals surface area (Å²) >= 11 is 3.43. The van der Waals surface area contributed by atoms with Crippen molar-refractivity contribution in [2.24, 2.45) is 0 Å². The molecule has 0 saturated carbocycles. The Labute approximate surface area is 140 Å². The molecule has 124 valence electrons. The van der Waals surface area contributed by atoms with Crippen LogP contribution in [-0.4, -0.2) is 36.9 Å². The summed E-state index contributed by atoms with van der Waals surface area (Å²) in [5, 5.41) is 21.6. The topological polar surface area (TPSA) is 108 Å². The zero-order valence-corrected chi connectivity index (χ0v) is 14.6. The number of nitrogens with zero attached hydrogens (tertiary/aromatic N) is 5. The second-order valence-electron chi connectivity index (χ2n) is 5.12. The summed E-state index contributed by atoms with van der Waals surface area (Å²) in [5.41, 5.74) is 1.64. The van der Waals surface area contributed by atoms with Crippen molar-refractivity contribution in [3.63, 3.8) is 0 Å². The fourth-order valence-corrected chi connectivity index (χ4v) is 2.40. The molecule has 1 N–H and O–H groups in total. The van der Waals surface area contributed by atoms with Crippen molar-refractivity contribution in [3.8, 4) is 0 Å². The molecule has 1 unspecified atom stereocenters. The molecule has 9 nitrogen and oxygen atoms in total. The van der Waals surface area contributed by atoms with Crippen LogP contribution in [0.2, 0.25) is 0 Å². The average Bonchev–Trinajstić information content (AvgIpc) is 3.07. The van der Waals surface area contributed by atoms with Crippen LogP contribution in [0.5, 0.6) is 0 Å². The van der Waals surface area contributed by atoms with Crippen LogP contribution >= 0.6 is 15.9 Å². The number of aryl methyl sites for hydroxylation is 1. The number of amides is 1. The minimum atomic E-state index is -0.509. The molecule has 0 radical (unpaired) electrons. The highest BCUT2D eigenvalue weighted by Gasteiger charge is 2.20. The highest BCUT2D eigenvalue weighted by molar-refractivity contribution is 9.10. The van der Waals surface area contributed by atoms with E-state index in [1.807, 2.05) is 13.8 Å². The van der Waals surface area contributed by atoms with Crippen molar-refractivity contribution in [2.45, 2.75) is 33.4 Å². The molecule has 0 fully saturated rings. The molecule has 0 aromatic carbocycles. The fraction of sp³-hybridized carbons (Fsp3) is 0.462. The predicted octanol–water partition coefficient (Wildman–Crippen LogP) is 1.74. The Morgan fingerprint density at radius 1 is 1.52 bits per heavy atom. The van der Waals surface area contributed by atoms with E-state index in [1.54, 1.807) is 11.6 Å². The number of nitro groups is 1. The van der Waals surface area contributed by atoms with Gasteiger partial charge in [-0.3, -0.25) is 24.3 Å². The van der Waals surface area contributed by atoms with Crippen molar-refractivity contribution in [1.82, 2.24) is 24.9 Å². The Kier molecular flexibility index (Phi) is 5.14. The summed E-state index contributed by atoms with van der Waals surface area (Å²) in [6, 6.07) is -0.452. The van der Waals surface area contributed by atoms with Crippen LogP contribution in [0.15, 0.2) is 16.9 Å². The summed E-state index contributed by atoms with van der Waals surface area (Å²) in [5.74, 6) is -0.176. The number of rotatable bonds is 6. The fourth-order valence-electron chi connectivity index (χ4n) is 2.14. The number of hydrogen-bond acceptors (Lipinski definition) is 5. The molecule has 2 rings (SSSR count). The summed E-state index contributed by atoms with van der Waals surface area (Å²) in [6.07, 6.45) is 2.51. The van der Waals surface area contributed by atoms with E-state index in [9.17, 15) is 14.9 Å². The Morgan fingerprint density at radius 2 is 2.22 bits per heavy atom. The van der Waals surface area contributed by atoms with Gasteiger partial charge in [0, 0.05) is 6.54 Å². The largest absolute Gasteiger partial charge is 0.352 e. The molecular weight excluding hydrogens is 368 g/mol. The van der Waals surface area contributed by atoms with Gasteiger partial charge < -0.3 is 5.32 Å². The van der Waals surface area contributed by atoms with Gasteiger partial charge in [0.2, 0.25) is 5.91 Å². The lowest BCUT2D eigenvalue weighted by Gasteiger charge is -2.14. The highest BCUT2D eigenvalue weighted by atomic mass is 79.9. The maximum absolute atomic E-state index is 12.2. The van der Waals surface area contributed by atoms with Crippen molar-refractivity contribution in [3.05, 3.63) is 38.4 Å². The van der Waals surface area contributed by atoms with Gasteiger partial charge in [-0.15, -0.1) is 0 Å². The van der Waals surface area contributed by atoms with Crippen LogP contribution in [0.4, 0.5) is 5.69 Å². The molecule has 0 bridgehead atoms. The monoisotopic (exact) mass is 384 g/mol. The molecule has 1 amide bonds. The van der Waals surface area contributed by atoms with Gasteiger partial charge >= 0.3 is 5.69 Å². The third-order valence-electron chi connectivity index (χ3n) is 3.45. The second kappa shape index (κ2) is 6.90. The van der Waals surface area contributed by atoms with Gasteiger partial charge in [0.15, 0.2) is 0 Å². The van der Waals surface area contributed by atoms with Crippen LogP contribution < -0.4 is 5.32 Å². The molecule has 2 aromatic rings. The van der Waals surface area contributed by atoms with Gasteiger partial charge in [0.25, 0.3) is 0 Å². The first-order valence-corrected chi connectivity index (χ1v) is 7.76. The third-order valence-corrected chi connectivity index (χ3v) is 4.60. The maximum Gasteiger partial charge on any atom is 0.306 e. The Hall–Kier alpha value is -2.23. The quantitative estimate of drug-likeness (QED) is 0.602. The first kappa shape index (κ1) is 17.1. The standard InChI is InChI=1S/C13H17BrN6O3/c1-8-12(14)9(2)19(17-8)10(3)13(21)15-4-5-18-7-11(6-16-18)20(22)23/h6-7,10H,4-5H2,1-3H3,(H,15,21). The van der Waals surface area contributed by atoms with Crippen molar-refractivity contribution in [2.75, 3.05) is 6.54 Å². The van der Waals surface area contributed by atoms with Gasteiger partial charge in [-0.2, -0.15) is 10.2 Å². The normalized spacial score (nSPS) is 12.2. The third kappa shape index (κ3) is 3.76.